The maximum atomic E-state index is 13.1. The van der Waals surface area contributed by atoms with Gasteiger partial charge in [0.25, 0.3) is 0 Å². The number of nitrogens with one attached hydrogen (secondary N) is 1. The molecule has 0 saturated carbocycles. The molecule has 5 heteroatoms. The zero-order valence-electron chi connectivity index (χ0n) is 10.8. The molecule has 1 aromatic heterocycles. The Bertz CT molecular complexity index is 576. The largest absolute Gasteiger partial charge is 0.339 e. The topological polar surface area (TPSA) is 51.0 Å². The lowest BCUT2D eigenvalue weighted by molar-refractivity contribution is 0.358. The second kappa shape index (κ2) is 5.09. The summed E-state index contributed by atoms with van der Waals surface area (Å²) in [5, 5.41) is 7.30. The van der Waals surface area contributed by atoms with Crippen LogP contribution in [0.2, 0.25) is 0 Å². The van der Waals surface area contributed by atoms with Crippen LogP contribution in [0.5, 0.6) is 0 Å². The number of hydrogen-bond donors (Lipinski definition) is 1. The number of hydrogen-bond acceptors (Lipinski definition) is 4. The minimum Gasteiger partial charge on any atom is -0.339 e. The van der Waals surface area contributed by atoms with Crippen molar-refractivity contribution >= 4 is 0 Å². The first kappa shape index (κ1) is 12.3. The summed E-state index contributed by atoms with van der Waals surface area (Å²) in [6.45, 7) is 3.91. The fourth-order valence-corrected chi connectivity index (χ4v) is 2.46. The van der Waals surface area contributed by atoms with Gasteiger partial charge in [-0.2, -0.15) is 4.98 Å². The van der Waals surface area contributed by atoms with Gasteiger partial charge in [0.05, 0.1) is 0 Å². The molecule has 0 amide bonds. The molecule has 100 valence electrons. The van der Waals surface area contributed by atoms with Crippen LogP contribution in [0.3, 0.4) is 0 Å². The molecule has 2 aromatic rings. The maximum absolute atomic E-state index is 13.1. The summed E-state index contributed by atoms with van der Waals surface area (Å²) in [7, 11) is 0. The summed E-state index contributed by atoms with van der Waals surface area (Å²) in [6.07, 6.45) is 1.95. The monoisotopic (exact) mass is 261 g/mol. The van der Waals surface area contributed by atoms with Crippen molar-refractivity contribution in [2.45, 2.75) is 19.8 Å². The fraction of sp³-hybridized carbons (Fsp3) is 0.429. The van der Waals surface area contributed by atoms with Crippen LogP contribution in [0.4, 0.5) is 4.39 Å². The van der Waals surface area contributed by atoms with Crippen LogP contribution in [0, 0.1) is 18.7 Å². The van der Waals surface area contributed by atoms with Gasteiger partial charge in [0.15, 0.2) is 0 Å². The third-order valence-electron chi connectivity index (χ3n) is 3.52. The first-order chi connectivity index (χ1) is 9.22. The van der Waals surface area contributed by atoms with Gasteiger partial charge in [-0.1, -0.05) is 5.16 Å². The Morgan fingerprint density at radius 2 is 2.37 bits per heavy atom. The number of benzene rings is 1. The minimum absolute atomic E-state index is 0.248. The van der Waals surface area contributed by atoms with Gasteiger partial charge >= 0.3 is 0 Å². The van der Waals surface area contributed by atoms with Crippen molar-refractivity contribution in [3.63, 3.8) is 0 Å². The molecule has 2 heterocycles. The first-order valence-corrected chi connectivity index (χ1v) is 6.52. The lowest BCUT2D eigenvalue weighted by atomic mass is 10.1. The minimum atomic E-state index is -0.248. The van der Waals surface area contributed by atoms with Crippen LogP contribution < -0.4 is 5.32 Å². The molecule has 0 radical (unpaired) electrons. The van der Waals surface area contributed by atoms with Crippen LogP contribution in [-0.2, 0) is 6.42 Å². The lowest BCUT2D eigenvalue weighted by Gasteiger charge is -2.02. The van der Waals surface area contributed by atoms with Gasteiger partial charge < -0.3 is 9.84 Å². The van der Waals surface area contributed by atoms with Crippen molar-refractivity contribution in [2.75, 3.05) is 13.1 Å². The quantitative estimate of drug-likeness (QED) is 0.921. The molecular formula is C14H16FN3O. The van der Waals surface area contributed by atoms with E-state index in [1.165, 1.54) is 12.1 Å². The first-order valence-electron chi connectivity index (χ1n) is 6.52. The Morgan fingerprint density at radius 1 is 1.47 bits per heavy atom. The van der Waals surface area contributed by atoms with Gasteiger partial charge in [0.1, 0.15) is 5.82 Å². The molecule has 4 nitrogen and oxygen atoms in total. The lowest BCUT2D eigenvalue weighted by Crippen LogP contribution is -2.10. The molecule has 1 aromatic carbocycles. The highest BCUT2D eigenvalue weighted by molar-refractivity contribution is 5.59. The van der Waals surface area contributed by atoms with E-state index in [1.807, 2.05) is 6.92 Å². The molecule has 0 bridgehead atoms. The molecule has 1 unspecified atom stereocenters. The van der Waals surface area contributed by atoms with Gasteiger partial charge in [-0.3, -0.25) is 0 Å². The van der Waals surface area contributed by atoms with Crippen LogP contribution >= 0.6 is 0 Å². The summed E-state index contributed by atoms with van der Waals surface area (Å²) >= 11 is 0. The van der Waals surface area contributed by atoms with Crippen molar-refractivity contribution in [1.29, 1.82) is 0 Å². The number of halogens is 1. The smallest absolute Gasteiger partial charge is 0.227 e. The van der Waals surface area contributed by atoms with Crippen LogP contribution in [-0.4, -0.2) is 23.2 Å². The van der Waals surface area contributed by atoms with E-state index in [4.69, 9.17) is 4.52 Å². The zero-order chi connectivity index (χ0) is 13.2. The van der Waals surface area contributed by atoms with Gasteiger partial charge in [-0.25, -0.2) is 4.39 Å². The molecule has 0 aliphatic carbocycles. The number of nitrogens with zero attached hydrogens (tertiary/aromatic N) is 2. The second-order valence-corrected chi connectivity index (χ2v) is 5.03. The van der Waals surface area contributed by atoms with E-state index in [-0.39, 0.29) is 5.82 Å². The molecule has 0 spiro atoms. The van der Waals surface area contributed by atoms with Crippen molar-refractivity contribution in [3.8, 4) is 11.4 Å². The second-order valence-electron chi connectivity index (χ2n) is 5.03. The summed E-state index contributed by atoms with van der Waals surface area (Å²) in [5.41, 5.74) is 1.64. The van der Waals surface area contributed by atoms with Crippen molar-refractivity contribution in [2.24, 2.45) is 5.92 Å². The molecule has 19 heavy (non-hydrogen) atoms. The van der Waals surface area contributed by atoms with Gasteiger partial charge in [-0.05, 0) is 56.1 Å². The van der Waals surface area contributed by atoms with Crippen molar-refractivity contribution in [1.82, 2.24) is 15.5 Å². The van der Waals surface area contributed by atoms with E-state index in [0.717, 1.165) is 37.1 Å². The molecular weight excluding hydrogens is 245 g/mol. The fourth-order valence-electron chi connectivity index (χ4n) is 2.46. The SMILES string of the molecule is Cc1cc(F)ccc1-c1noc(CC2CCNC2)n1. The maximum Gasteiger partial charge on any atom is 0.227 e. The van der Waals surface area contributed by atoms with Crippen LogP contribution in [0.25, 0.3) is 11.4 Å². The summed E-state index contributed by atoms with van der Waals surface area (Å²) < 4.78 is 18.4. The highest BCUT2D eigenvalue weighted by atomic mass is 19.1. The van der Waals surface area contributed by atoms with Gasteiger partial charge in [0, 0.05) is 12.0 Å². The Kier molecular flexibility index (Phi) is 3.29. The number of aromatic nitrogens is 2. The highest BCUT2D eigenvalue weighted by Gasteiger charge is 2.19. The predicted molar refractivity (Wildman–Crippen MR) is 69.1 cm³/mol. The predicted octanol–water partition coefficient (Wildman–Crippen LogP) is 2.34. The zero-order valence-corrected chi connectivity index (χ0v) is 10.8. The third-order valence-corrected chi connectivity index (χ3v) is 3.52. The molecule has 1 aliphatic rings. The van der Waals surface area contributed by atoms with E-state index >= 15 is 0 Å². The van der Waals surface area contributed by atoms with E-state index in [0.29, 0.717) is 17.6 Å². The van der Waals surface area contributed by atoms with E-state index in [9.17, 15) is 4.39 Å². The summed E-state index contributed by atoms with van der Waals surface area (Å²) in [6, 6.07) is 4.59. The standard InChI is InChI=1S/C14H16FN3O/c1-9-6-11(15)2-3-12(9)14-17-13(19-18-14)7-10-4-5-16-8-10/h2-3,6,10,16H,4-5,7-8H2,1H3. The molecule has 1 N–H and O–H groups in total. The number of aryl methyl sites for hydroxylation is 1. The molecule has 1 fully saturated rings. The molecule has 1 saturated heterocycles. The van der Waals surface area contributed by atoms with E-state index in [2.05, 4.69) is 15.5 Å². The molecule has 1 aliphatic heterocycles. The van der Waals surface area contributed by atoms with Gasteiger partial charge in [0.2, 0.25) is 11.7 Å². The van der Waals surface area contributed by atoms with Crippen molar-refractivity contribution in [3.05, 3.63) is 35.5 Å². The highest BCUT2D eigenvalue weighted by Crippen LogP contribution is 2.22. The average Bonchev–Trinajstić information content (AvgIpc) is 3.01. The Morgan fingerprint density at radius 3 is 3.11 bits per heavy atom. The van der Waals surface area contributed by atoms with Crippen molar-refractivity contribution < 1.29 is 8.91 Å². The number of rotatable bonds is 3. The van der Waals surface area contributed by atoms with Crippen LogP contribution in [0.1, 0.15) is 17.9 Å². The normalized spacial score (nSPS) is 18.9. The Hall–Kier alpha value is -1.75. The average molecular weight is 261 g/mol. The third kappa shape index (κ3) is 2.66. The van der Waals surface area contributed by atoms with Gasteiger partial charge in [-0.15, -0.1) is 0 Å². The van der Waals surface area contributed by atoms with E-state index < -0.39 is 0 Å². The Labute approximate surface area is 111 Å². The van der Waals surface area contributed by atoms with E-state index in [1.54, 1.807) is 6.07 Å². The molecule has 1 atom stereocenters. The summed E-state index contributed by atoms with van der Waals surface area (Å²) in [4.78, 5) is 4.41. The molecule has 3 rings (SSSR count). The Balaban J connectivity index is 1.80. The summed E-state index contributed by atoms with van der Waals surface area (Å²) in [5.74, 6) is 1.52. The van der Waals surface area contributed by atoms with Crippen LogP contribution in [0.15, 0.2) is 22.7 Å².